The molecule has 0 amide bonds. The lowest BCUT2D eigenvalue weighted by Gasteiger charge is -2.56. The first-order chi connectivity index (χ1) is 12.0. The van der Waals surface area contributed by atoms with Crippen molar-refractivity contribution in [1.29, 1.82) is 0 Å². The second-order valence-corrected chi connectivity index (χ2v) is 10.6. The summed E-state index contributed by atoms with van der Waals surface area (Å²) in [4.78, 5) is 8.78. The van der Waals surface area contributed by atoms with Crippen LogP contribution >= 0.6 is 11.3 Å². The SMILES string of the molecule is O=S(=O)(Nc1nc(C23CC4CC(CC(C4)C2)C3)cs1)c1cccnc1. The van der Waals surface area contributed by atoms with Gasteiger partial charge in [-0.25, -0.2) is 13.4 Å². The van der Waals surface area contributed by atoms with Gasteiger partial charge in [0.25, 0.3) is 10.0 Å². The Morgan fingerprint density at radius 3 is 2.40 bits per heavy atom. The molecule has 0 aliphatic heterocycles. The van der Waals surface area contributed by atoms with E-state index in [0.717, 1.165) is 23.4 Å². The third-order valence-corrected chi connectivity index (χ3v) is 8.46. The molecular weight excluding hydrogens is 354 g/mol. The van der Waals surface area contributed by atoms with Gasteiger partial charge in [0, 0.05) is 23.2 Å². The van der Waals surface area contributed by atoms with Gasteiger partial charge in [0.1, 0.15) is 4.90 Å². The number of aromatic nitrogens is 2. The summed E-state index contributed by atoms with van der Waals surface area (Å²) in [5.41, 5.74) is 1.31. The van der Waals surface area contributed by atoms with E-state index in [0.29, 0.717) is 5.13 Å². The van der Waals surface area contributed by atoms with Crippen molar-refractivity contribution in [1.82, 2.24) is 9.97 Å². The summed E-state index contributed by atoms with van der Waals surface area (Å²) >= 11 is 1.40. The van der Waals surface area contributed by atoms with Gasteiger partial charge in [0.2, 0.25) is 0 Å². The van der Waals surface area contributed by atoms with Gasteiger partial charge in [-0.3, -0.25) is 9.71 Å². The zero-order valence-electron chi connectivity index (χ0n) is 13.9. The molecule has 1 N–H and O–H groups in total. The topological polar surface area (TPSA) is 72.0 Å². The minimum absolute atomic E-state index is 0.168. The Bertz CT molecular complexity index is 857. The lowest BCUT2D eigenvalue weighted by Crippen LogP contribution is -2.48. The summed E-state index contributed by atoms with van der Waals surface area (Å²) in [6, 6.07) is 3.17. The van der Waals surface area contributed by atoms with Gasteiger partial charge in [-0.2, -0.15) is 0 Å². The van der Waals surface area contributed by atoms with Crippen LogP contribution in [0.4, 0.5) is 5.13 Å². The maximum Gasteiger partial charge on any atom is 0.265 e. The van der Waals surface area contributed by atoms with Crippen LogP contribution in [0.2, 0.25) is 0 Å². The molecule has 0 saturated heterocycles. The summed E-state index contributed by atoms with van der Waals surface area (Å²) in [5, 5.41) is 2.54. The van der Waals surface area contributed by atoms with E-state index in [4.69, 9.17) is 4.98 Å². The van der Waals surface area contributed by atoms with Crippen molar-refractivity contribution < 1.29 is 8.42 Å². The molecule has 4 saturated carbocycles. The zero-order valence-corrected chi connectivity index (χ0v) is 15.5. The minimum atomic E-state index is -3.62. The Hall–Kier alpha value is -1.47. The van der Waals surface area contributed by atoms with Gasteiger partial charge < -0.3 is 0 Å². The number of anilines is 1. The Morgan fingerprint density at radius 1 is 1.12 bits per heavy atom. The Kier molecular flexibility index (Phi) is 3.47. The number of pyridine rings is 1. The van der Waals surface area contributed by atoms with Crippen LogP contribution in [-0.2, 0) is 15.4 Å². The number of hydrogen-bond acceptors (Lipinski definition) is 5. The average Bonchev–Trinajstić information content (AvgIpc) is 3.03. The second-order valence-electron chi connectivity index (χ2n) is 8.03. The number of nitrogens with zero attached hydrogens (tertiary/aromatic N) is 2. The molecule has 25 heavy (non-hydrogen) atoms. The van der Waals surface area contributed by atoms with E-state index in [1.807, 2.05) is 0 Å². The third-order valence-electron chi connectivity index (χ3n) is 6.25. The highest BCUT2D eigenvalue weighted by Crippen LogP contribution is 2.60. The molecule has 2 aromatic rings. The number of nitrogens with one attached hydrogen (secondary N) is 1. The van der Waals surface area contributed by atoms with Crippen molar-refractivity contribution in [3.05, 3.63) is 35.6 Å². The molecule has 2 aromatic heterocycles. The molecule has 4 fully saturated rings. The van der Waals surface area contributed by atoms with Crippen LogP contribution < -0.4 is 4.72 Å². The highest BCUT2D eigenvalue weighted by Gasteiger charge is 2.52. The first-order valence-corrected chi connectivity index (χ1v) is 11.3. The fourth-order valence-electron chi connectivity index (χ4n) is 5.67. The van der Waals surface area contributed by atoms with Crippen molar-refractivity contribution in [2.24, 2.45) is 17.8 Å². The molecular formula is C18H21N3O2S2. The number of sulfonamides is 1. The number of thiazole rings is 1. The molecule has 2 heterocycles. The molecule has 4 aliphatic carbocycles. The van der Waals surface area contributed by atoms with E-state index < -0.39 is 10.0 Å². The quantitative estimate of drug-likeness (QED) is 0.882. The van der Waals surface area contributed by atoms with Crippen LogP contribution in [0.15, 0.2) is 34.8 Å². The van der Waals surface area contributed by atoms with Crippen LogP contribution in [0.1, 0.15) is 44.2 Å². The van der Waals surface area contributed by atoms with Crippen molar-refractivity contribution >= 4 is 26.5 Å². The van der Waals surface area contributed by atoms with Gasteiger partial charge in [0.05, 0.1) is 5.69 Å². The highest BCUT2D eigenvalue weighted by atomic mass is 32.2. The molecule has 5 nitrogen and oxygen atoms in total. The van der Waals surface area contributed by atoms with Crippen LogP contribution in [0.5, 0.6) is 0 Å². The Balaban J connectivity index is 1.41. The Labute approximate surface area is 152 Å². The largest absolute Gasteiger partial charge is 0.265 e. The first kappa shape index (κ1) is 15.8. The van der Waals surface area contributed by atoms with E-state index in [1.54, 1.807) is 18.3 Å². The van der Waals surface area contributed by atoms with Gasteiger partial charge >= 0.3 is 0 Å². The van der Waals surface area contributed by atoms with Gasteiger partial charge in [-0.05, 0) is 68.4 Å². The fourth-order valence-corrected chi connectivity index (χ4v) is 7.72. The third kappa shape index (κ3) is 2.68. The van der Waals surface area contributed by atoms with Crippen LogP contribution in [0.25, 0.3) is 0 Å². The van der Waals surface area contributed by atoms with Gasteiger partial charge in [0.15, 0.2) is 5.13 Å². The van der Waals surface area contributed by atoms with Gasteiger partial charge in [-0.15, -0.1) is 11.3 Å². The smallest absolute Gasteiger partial charge is 0.263 e. The summed E-state index contributed by atoms with van der Waals surface area (Å²) in [5.74, 6) is 2.55. The molecule has 132 valence electrons. The van der Waals surface area contributed by atoms with Crippen molar-refractivity contribution in [3.63, 3.8) is 0 Å². The molecule has 4 bridgehead atoms. The molecule has 6 rings (SSSR count). The highest BCUT2D eigenvalue weighted by molar-refractivity contribution is 7.93. The number of rotatable bonds is 4. The first-order valence-electron chi connectivity index (χ1n) is 8.91. The predicted molar refractivity (Wildman–Crippen MR) is 97.0 cm³/mol. The normalized spacial score (nSPS) is 33.5. The van der Waals surface area contributed by atoms with Crippen LogP contribution in [-0.4, -0.2) is 18.4 Å². The molecule has 0 unspecified atom stereocenters. The van der Waals surface area contributed by atoms with E-state index in [2.05, 4.69) is 15.1 Å². The average molecular weight is 376 g/mol. The van der Waals surface area contributed by atoms with Crippen molar-refractivity contribution in [2.75, 3.05) is 4.72 Å². The molecule has 4 aliphatic rings. The lowest BCUT2D eigenvalue weighted by molar-refractivity contribution is -0.00688. The summed E-state index contributed by atoms with van der Waals surface area (Å²) in [7, 11) is -3.62. The summed E-state index contributed by atoms with van der Waals surface area (Å²) in [6.45, 7) is 0. The lowest BCUT2D eigenvalue weighted by atomic mass is 9.49. The minimum Gasteiger partial charge on any atom is -0.263 e. The van der Waals surface area contributed by atoms with Crippen LogP contribution in [0, 0.1) is 17.8 Å². The molecule has 7 heteroatoms. The fraction of sp³-hybridized carbons (Fsp3) is 0.556. The molecule has 0 aromatic carbocycles. The maximum absolute atomic E-state index is 12.5. The molecule has 0 spiro atoms. The number of hydrogen-bond donors (Lipinski definition) is 1. The maximum atomic E-state index is 12.5. The summed E-state index contributed by atoms with van der Waals surface area (Å²) in [6.07, 6.45) is 10.8. The molecule has 0 atom stereocenters. The molecule has 0 radical (unpaired) electrons. The monoisotopic (exact) mass is 375 g/mol. The van der Waals surface area contributed by atoms with Gasteiger partial charge in [-0.1, -0.05) is 0 Å². The zero-order chi connectivity index (χ0) is 17.1. The predicted octanol–water partition coefficient (Wildman–Crippen LogP) is 3.81. The van der Waals surface area contributed by atoms with Crippen molar-refractivity contribution in [3.8, 4) is 0 Å². The van der Waals surface area contributed by atoms with E-state index >= 15 is 0 Å². The Morgan fingerprint density at radius 2 is 1.80 bits per heavy atom. The summed E-state index contributed by atoms with van der Waals surface area (Å²) < 4.78 is 27.6. The van der Waals surface area contributed by atoms with E-state index in [1.165, 1.54) is 56.1 Å². The second kappa shape index (κ2) is 5.51. The van der Waals surface area contributed by atoms with Crippen LogP contribution in [0.3, 0.4) is 0 Å². The van der Waals surface area contributed by atoms with E-state index in [9.17, 15) is 8.42 Å². The van der Waals surface area contributed by atoms with Crippen molar-refractivity contribution in [2.45, 2.75) is 48.8 Å². The standard InChI is InChI=1S/C18H21N3O2S2/c22-25(23,15-2-1-3-19-10-15)21-17-20-16(11-24-17)18-7-12-4-13(8-18)6-14(5-12)9-18/h1-3,10-14H,4-9H2,(H,20,21). The van der Waals surface area contributed by atoms with E-state index in [-0.39, 0.29) is 10.3 Å².